The lowest BCUT2D eigenvalue weighted by Crippen LogP contribution is -2.46. The SMILES string of the molecule is CCC(CC)C(O)CNS(=O)(=O)N1CCCCC1. The molecule has 0 radical (unpaired) electrons. The molecule has 0 saturated carbocycles. The molecule has 5 nitrogen and oxygen atoms in total. The smallest absolute Gasteiger partial charge is 0.279 e. The van der Waals surface area contributed by atoms with Crippen LogP contribution in [0.1, 0.15) is 46.0 Å². The van der Waals surface area contributed by atoms with Crippen molar-refractivity contribution in [2.75, 3.05) is 19.6 Å². The van der Waals surface area contributed by atoms with Gasteiger partial charge in [-0.05, 0) is 18.8 Å². The van der Waals surface area contributed by atoms with Gasteiger partial charge in [0.25, 0.3) is 10.2 Å². The summed E-state index contributed by atoms with van der Waals surface area (Å²) >= 11 is 0. The Morgan fingerprint density at radius 2 is 1.72 bits per heavy atom. The molecule has 0 bridgehead atoms. The highest BCUT2D eigenvalue weighted by Crippen LogP contribution is 2.14. The first-order chi connectivity index (χ1) is 8.51. The Kier molecular flexibility index (Phi) is 6.55. The lowest BCUT2D eigenvalue weighted by Gasteiger charge is -2.27. The van der Waals surface area contributed by atoms with Crippen LogP contribution < -0.4 is 4.72 Å². The number of hydrogen-bond acceptors (Lipinski definition) is 3. The number of piperidine rings is 1. The van der Waals surface area contributed by atoms with E-state index in [4.69, 9.17) is 0 Å². The fraction of sp³-hybridized carbons (Fsp3) is 1.00. The monoisotopic (exact) mass is 278 g/mol. The summed E-state index contributed by atoms with van der Waals surface area (Å²) in [6, 6.07) is 0. The van der Waals surface area contributed by atoms with Crippen LogP contribution in [0.15, 0.2) is 0 Å². The Bertz CT molecular complexity index is 322. The average molecular weight is 278 g/mol. The molecular formula is C12H26N2O3S. The summed E-state index contributed by atoms with van der Waals surface area (Å²) in [5, 5.41) is 9.93. The molecule has 1 saturated heterocycles. The molecule has 0 aromatic carbocycles. The van der Waals surface area contributed by atoms with E-state index < -0.39 is 16.3 Å². The lowest BCUT2D eigenvalue weighted by atomic mass is 9.97. The third-order valence-electron chi connectivity index (χ3n) is 3.72. The van der Waals surface area contributed by atoms with Crippen molar-refractivity contribution in [2.45, 2.75) is 52.1 Å². The van der Waals surface area contributed by atoms with E-state index in [1.165, 1.54) is 4.31 Å². The predicted molar refractivity (Wildman–Crippen MR) is 72.4 cm³/mol. The van der Waals surface area contributed by atoms with Gasteiger partial charge in [-0.1, -0.05) is 33.1 Å². The van der Waals surface area contributed by atoms with Crippen molar-refractivity contribution in [3.63, 3.8) is 0 Å². The zero-order valence-electron chi connectivity index (χ0n) is 11.4. The summed E-state index contributed by atoms with van der Waals surface area (Å²) in [6.07, 6.45) is 4.08. The molecule has 2 N–H and O–H groups in total. The number of nitrogens with one attached hydrogen (secondary N) is 1. The Morgan fingerprint density at radius 3 is 2.22 bits per heavy atom. The van der Waals surface area contributed by atoms with E-state index >= 15 is 0 Å². The van der Waals surface area contributed by atoms with Crippen molar-refractivity contribution in [1.29, 1.82) is 0 Å². The second-order valence-electron chi connectivity index (χ2n) is 4.96. The highest BCUT2D eigenvalue weighted by Gasteiger charge is 2.25. The third kappa shape index (κ3) is 4.50. The van der Waals surface area contributed by atoms with Crippen molar-refractivity contribution in [1.82, 2.24) is 9.03 Å². The van der Waals surface area contributed by atoms with Gasteiger partial charge >= 0.3 is 0 Å². The predicted octanol–water partition coefficient (Wildman–Crippen LogP) is 1.10. The van der Waals surface area contributed by atoms with Crippen LogP contribution in [0.25, 0.3) is 0 Å². The maximum absolute atomic E-state index is 12.0. The molecule has 1 heterocycles. The summed E-state index contributed by atoms with van der Waals surface area (Å²) in [5.41, 5.74) is 0. The van der Waals surface area contributed by atoms with E-state index in [1.54, 1.807) is 0 Å². The number of aliphatic hydroxyl groups is 1. The standard InChI is InChI=1S/C12H26N2O3S/c1-3-11(4-2)12(15)10-13-18(16,17)14-8-6-5-7-9-14/h11-13,15H,3-10H2,1-2H3. The number of aliphatic hydroxyl groups excluding tert-OH is 1. The van der Waals surface area contributed by atoms with Crippen molar-refractivity contribution in [2.24, 2.45) is 5.92 Å². The second kappa shape index (κ2) is 7.43. The second-order valence-corrected chi connectivity index (χ2v) is 6.71. The molecule has 0 aromatic rings. The molecule has 1 fully saturated rings. The molecule has 6 heteroatoms. The molecule has 1 rings (SSSR count). The van der Waals surface area contributed by atoms with Gasteiger partial charge in [0.05, 0.1) is 6.10 Å². The quantitative estimate of drug-likeness (QED) is 0.733. The zero-order valence-corrected chi connectivity index (χ0v) is 12.2. The molecule has 1 atom stereocenters. The van der Waals surface area contributed by atoms with Crippen LogP contribution in [0.4, 0.5) is 0 Å². The van der Waals surface area contributed by atoms with Crippen LogP contribution >= 0.6 is 0 Å². The molecule has 0 aromatic heterocycles. The molecule has 108 valence electrons. The van der Waals surface area contributed by atoms with Gasteiger partial charge in [-0.25, -0.2) is 0 Å². The van der Waals surface area contributed by atoms with Crippen molar-refractivity contribution < 1.29 is 13.5 Å². The molecular weight excluding hydrogens is 252 g/mol. The minimum atomic E-state index is -3.41. The van der Waals surface area contributed by atoms with E-state index in [0.717, 1.165) is 32.1 Å². The minimum Gasteiger partial charge on any atom is -0.391 e. The van der Waals surface area contributed by atoms with Crippen LogP contribution in [-0.2, 0) is 10.2 Å². The fourth-order valence-electron chi connectivity index (χ4n) is 2.39. The Balaban J connectivity index is 2.45. The molecule has 1 unspecified atom stereocenters. The van der Waals surface area contributed by atoms with E-state index in [-0.39, 0.29) is 12.5 Å². The average Bonchev–Trinajstić information content (AvgIpc) is 2.39. The lowest BCUT2D eigenvalue weighted by molar-refractivity contribution is 0.106. The summed E-state index contributed by atoms with van der Waals surface area (Å²) in [6.45, 7) is 5.32. The Morgan fingerprint density at radius 1 is 1.17 bits per heavy atom. The van der Waals surface area contributed by atoms with Gasteiger partial charge in [0.15, 0.2) is 0 Å². The van der Waals surface area contributed by atoms with Crippen LogP contribution in [-0.4, -0.2) is 43.6 Å². The first kappa shape index (κ1) is 15.9. The summed E-state index contributed by atoms with van der Waals surface area (Å²) in [5.74, 6) is 0.161. The molecule has 18 heavy (non-hydrogen) atoms. The normalized spacial score (nSPS) is 20.2. The first-order valence-corrected chi connectivity index (χ1v) is 8.38. The topological polar surface area (TPSA) is 69.6 Å². The molecule has 0 amide bonds. The van der Waals surface area contributed by atoms with Gasteiger partial charge in [0.2, 0.25) is 0 Å². The summed E-state index contributed by atoms with van der Waals surface area (Å²) in [4.78, 5) is 0. The van der Waals surface area contributed by atoms with Gasteiger partial charge < -0.3 is 5.11 Å². The fourth-order valence-corrected chi connectivity index (χ4v) is 3.69. The van der Waals surface area contributed by atoms with Crippen LogP contribution in [0.5, 0.6) is 0 Å². The van der Waals surface area contributed by atoms with E-state index in [9.17, 15) is 13.5 Å². The van der Waals surface area contributed by atoms with Crippen LogP contribution in [0, 0.1) is 5.92 Å². The van der Waals surface area contributed by atoms with Crippen LogP contribution in [0.2, 0.25) is 0 Å². The Hall–Kier alpha value is -0.170. The van der Waals surface area contributed by atoms with Crippen molar-refractivity contribution in [3.8, 4) is 0 Å². The van der Waals surface area contributed by atoms with Gasteiger partial charge in [-0.15, -0.1) is 0 Å². The van der Waals surface area contributed by atoms with Gasteiger partial charge in [0.1, 0.15) is 0 Å². The molecule has 1 aliphatic rings. The van der Waals surface area contributed by atoms with Crippen LogP contribution in [0.3, 0.4) is 0 Å². The number of hydrogen-bond donors (Lipinski definition) is 2. The highest BCUT2D eigenvalue weighted by molar-refractivity contribution is 7.87. The maximum Gasteiger partial charge on any atom is 0.279 e. The van der Waals surface area contributed by atoms with Gasteiger partial charge in [-0.2, -0.15) is 17.4 Å². The molecule has 0 spiro atoms. The molecule has 0 aliphatic carbocycles. The highest BCUT2D eigenvalue weighted by atomic mass is 32.2. The largest absolute Gasteiger partial charge is 0.391 e. The summed E-state index contributed by atoms with van der Waals surface area (Å²) in [7, 11) is -3.41. The van der Waals surface area contributed by atoms with Gasteiger partial charge in [-0.3, -0.25) is 0 Å². The van der Waals surface area contributed by atoms with E-state index in [2.05, 4.69) is 4.72 Å². The van der Waals surface area contributed by atoms with Crippen molar-refractivity contribution >= 4 is 10.2 Å². The zero-order chi connectivity index (χ0) is 13.6. The number of rotatable bonds is 7. The Labute approximate surface area is 111 Å². The van der Waals surface area contributed by atoms with Gasteiger partial charge in [0, 0.05) is 19.6 Å². The maximum atomic E-state index is 12.0. The van der Waals surface area contributed by atoms with E-state index in [1.807, 2.05) is 13.8 Å². The minimum absolute atomic E-state index is 0.116. The van der Waals surface area contributed by atoms with E-state index in [0.29, 0.717) is 13.1 Å². The third-order valence-corrected chi connectivity index (χ3v) is 5.30. The summed E-state index contributed by atoms with van der Waals surface area (Å²) < 4.78 is 28.0. The van der Waals surface area contributed by atoms with Crippen molar-refractivity contribution in [3.05, 3.63) is 0 Å². The number of nitrogens with zero attached hydrogens (tertiary/aromatic N) is 1. The first-order valence-electron chi connectivity index (χ1n) is 6.94. The molecule has 1 aliphatic heterocycles.